The molecule has 1 aromatic heterocycles. The average molecular weight is 312 g/mol. The molecule has 0 amide bonds. The number of H-pyrrole nitrogens is 1. The van der Waals surface area contributed by atoms with Crippen LogP contribution in [0.4, 0.5) is 5.69 Å². The van der Waals surface area contributed by atoms with E-state index in [9.17, 15) is 0 Å². The molecule has 22 heavy (non-hydrogen) atoms. The molecule has 0 aliphatic rings. The Morgan fingerprint density at radius 3 is 2.64 bits per heavy atom. The number of hydrogen-bond acceptors (Lipinski definition) is 4. The van der Waals surface area contributed by atoms with Crippen LogP contribution in [0.5, 0.6) is 5.75 Å². The SMILES string of the molecule is COc1ccccc1NCc1n[nH]c(=S)n1-c1ccccc1. The highest BCUT2D eigenvalue weighted by atomic mass is 32.1. The van der Waals surface area contributed by atoms with Crippen molar-refractivity contribution in [1.82, 2.24) is 14.8 Å². The van der Waals surface area contributed by atoms with Gasteiger partial charge in [-0.3, -0.25) is 9.67 Å². The zero-order chi connectivity index (χ0) is 15.4. The zero-order valence-electron chi connectivity index (χ0n) is 12.1. The average Bonchev–Trinajstić information content (AvgIpc) is 2.94. The van der Waals surface area contributed by atoms with Gasteiger partial charge in [-0.1, -0.05) is 30.3 Å². The number of benzene rings is 2. The summed E-state index contributed by atoms with van der Waals surface area (Å²) in [4.78, 5) is 0. The van der Waals surface area contributed by atoms with Crippen LogP contribution in [-0.4, -0.2) is 21.9 Å². The first-order valence-electron chi connectivity index (χ1n) is 6.88. The van der Waals surface area contributed by atoms with Gasteiger partial charge in [0, 0.05) is 5.69 Å². The number of nitrogens with zero attached hydrogens (tertiary/aromatic N) is 2. The molecule has 2 N–H and O–H groups in total. The standard InChI is InChI=1S/C16H16N4OS/c1-21-14-10-6-5-9-13(14)17-11-15-18-19-16(22)20(15)12-7-3-2-4-8-12/h2-10,17H,11H2,1H3,(H,19,22). The highest BCUT2D eigenvalue weighted by Gasteiger charge is 2.09. The summed E-state index contributed by atoms with van der Waals surface area (Å²) in [5, 5.41) is 10.5. The fourth-order valence-electron chi connectivity index (χ4n) is 2.26. The van der Waals surface area contributed by atoms with Gasteiger partial charge in [0.05, 0.1) is 19.3 Å². The summed E-state index contributed by atoms with van der Waals surface area (Å²) in [6.07, 6.45) is 0. The first-order valence-corrected chi connectivity index (χ1v) is 7.29. The van der Waals surface area contributed by atoms with Crippen molar-refractivity contribution in [2.24, 2.45) is 0 Å². The Kier molecular flexibility index (Phi) is 4.20. The maximum absolute atomic E-state index is 5.34. The van der Waals surface area contributed by atoms with E-state index >= 15 is 0 Å². The van der Waals surface area contributed by atoms with Crippen LogP contribution in [0.15, 0.2) is 54.6 Å². The van der Waals surface area contributed by atoms with Crippen molar-refractivity contribution >= 4 is 17.9 Å². The summed E-state index contributed by atoms with van der Waals surface area (Å²) < 4.78 is 7.82. The third-order valence-electron chi connectivity index (χ3n) is 3.30. The van der Waals surface area contributed by atoms with E-state index in [1.165, 1.54) is 0 Å². The second kappa shape index (κ2) is 6.44. The smallest absolute Gasteiger partial charge is 0.199 e. The van der Waals surface area contributed by atoms with Crippen LogP contribution >= 0.6 is 12.2 Å². The zero-order valence-corrected chi connectivity index (χ0v) is 12.9. The topological polar surface area (TPSA) is 54.9 Å². The summed E-state index contributed by atoms with van der Waals surface area (Å²) >= 11 is 5.33. The van der Waals surface area contributed by atoms with Gasteiger partial charge in [-0.05, 0) is 36.5 Å². The Morgan fingerprint density at radius 2 is 1.86 bits per heavy atom. The van der Waals surface area contributed by atoms with Crippen molar-refractivity contribution in [3.8, 4) is 11.4 Å². The number of aromatic nitrogens is 3. The van der Waals surface area contributed by atoms with Crippen LogP contribution in [0.3, 0.4) is 0 Å². The molecule has 0 spiro atoms. The molecule has 1 heterocycles. The molecule has 3 rings (SSSR count). The van der Waals surface area contributed by atoms with Crippen LogP contribution in [0.25, 0.3) is 5.69 Å². The molecule has 0 radical (unpaired) electrons. The minimum absolute atomic E-state index is 0.530. The van der Waals surface area contributed by atoms with Gasteiger partial charge < -0.3 is 10.1 Å². The summed E-state index contributed by atoms with van der Waals surface area (Å²) in [6.45, 7) is 0.530. The molecule has 0 fully saturated rings. The normalized spacial score (nSPS) is 10.4. The minimum Gasteiger partial charge on any atom is -0.495 e. The number of nitrogens with one attached hydrogen (secondary N) is 2. The molecule has 2 aromatic carbocycles. The van der Waals surface area contributed by atoms with Crippen molar-refractivity contribution in [2.75, 3.05) is 12.4 Å². The fourth-order valence-corrected chi connectivity index (χ4v) is 2.51. The lowest BCUT2D eigenvalue weighted by Crippen LogP contribution is -2.08. The van der Waals surface area contributed by atoms with Gasteiger partial charge in [0.25, 0.3) is 0 Å². The highest BCUT2D eigenvalue weighted by Crippen LogP contribution is 2.23. The summed E-state index contributed by atoms with van der Waals surface area (Å²) in [7, 11) is 1.65. The number of ether oxygens (including phenoxy) is 1. The number of rotatable bonds is 5. The predicted octanol–water partition coefficient (Wildman–Crippen LogP) is 3.55. The number of methoxy groups -OCH3 is 1. The molecule has 6 heteroatoms. The van der Waals surface area contributed by atoms with Crippen molar-refractivity contribution in [1.29, 1.82) is 0 Å². The fraction of sp³-hybridized carbons (Fsp3) is 0.125. The van der Waals surface area contributed by atoms with E-state index < -0.39 is 0 Å². The molecule has 5 nitrogen and oxygen atoms in total. The molecule has 0 aliphatic carbocycles. The van der Waals surface area contributed by atoms with E-state index in [-0.39, 0.29) is 0 Å². The van der Waals surface area contributed by atoms with Crippen LogP contribution in [0.1, 0.15) is 5.82 Å². The molecule has 112 valence electrons. The Balaban J connectivity index is 1.87. The van der Waals surface area contributed by atoms with Gasteiger partial charge in [-0.15, -0.1) is 0 Å². The molecular weight excluding hydrogens is 296 g/mol. The van der Waals surface area contributed by atoms with Gasteiger partial charge in [0.15, 0.2) is 10.6 Å². The van der Waals surface area contributed by atoms with Gasteiger partial charge in [-0.25, -0.2) is 0 Å². The van der Waals surface area contributed by atoms with Crippen molar-refractivity contribution in [2.45, 2.75) is 6.54 Å². The quantitative estimate of drug-likeness (QED) is 0.707. The Hall–Kier alpha value is -2.60. The number of hydrogen-bond donors (Lipinski definition) is 2. The largest absolute Gasteiger partial charge is 0.495 e. The Labute approximate surface area is 133 Å². The Morgan fingerprint density at radius 1 is 1.14 bits per heavy atom. The van der Waals surface area contributed by atoms with Crippen molar-refractivity contribution in [3.63, 3.8) is 0 Å². The molecular formula is C16H16N4OS. The lowest BCUT2D eigenvalue weighted by molar-refractivity contribution is 0.416. The van der Waals surface area contributed by atoms with Crippen molar-refractivity contribution < 1.29 is 4.74 Å². The van der Waals surface area contributed by atoms with E-state index in [0.29, 0.717) is 11.3 Å². The third kappa shape index (κ3) is 2.87. The number of aromatic amines is 1. The van der Waals surface area contributed by atoms with Gasteiger partial charge in [0.1, 0.15) is 5.75 Å². The number of para-hydroxylation sites is 3. The maximum atomic E-state index is 5.34. The molecule has 0 saturated heterocycles. The molecule has 3 aromatic rings. The summed E-state index contributed by atoms with van der Waals surface area (Å²) in [5.74, 6) is 1.60. The number of anilines is 1. The van der Waals surface area contributed by atoms with E-state index in [0.717, 1.165) is 22.9 Å². The van der Waals surface area contributed by atoms with Gasteiger partial charge >= 0.3 is 0 Å². The molecule has 0 aliphatic heterocycles. The van der Waals surface area contributed by atoms with Crippen LogP contribution in [-0.2, 0) is 6.54 Å². The van der Waals surface area contributed by atoms with E-state index in [4.69, 9.17) is 17.0 Å². The van der Waals surface area contributed by atoms with E-state index in [2.05, 4.69) is 15.5 Å². The predicted molar refractivity (Wildman–Crippen MR) is 89.1 cm³/mol. The van der Waals surface area contributed by atoms with E-state index in [1.807, 2.05) is 59.2 Å². The summed E-state index contributed by atoms with van der Waals surface area (Å²) in [5.41, 5.74) is 1.90. The molecule has 0 saturated carbocycles. The highest BCUT2D eigenvalue weighted by molar-refractivity contribution is 7.71. The molecule has 0 atom stereocenters. The third-order valence-corrected chi connectivity index (χ3v) is 3.57. The molecule has 0 unspecified atom stereocenters. The lowest BCUT2D eigenvalue weighted by atomic mass is 10.3. The Bertz CT molecular complexity index is 810. The first-order chi connectivity index (χ1) is 10.8. The van der Waals surface area contributed by atoms with Crippen LogP contribution in [0.2, 0.25) is 0 Å². The minimum atomic E-state index is 0.530. The maximum Gasteiger partial charge on any atom is 0.199 e. The van der Waals surface area contributed by atoms with Crippen molar-refractivity contribution in [3.05, 3.63) is 65.2 Å². The second-order valence-electron chi connectivity index (χ2n) is 4.67. The van der Waals surface area contributed by atoms with E-state index in [1.54, 1.807) is 7.11 Å². The van der Waals surface area contributed by atoms with Gasteiger partial charge in [-0.2, -0.15) is 5.10 Å². The lowest BCUT2D eigenvalue weighted by Gasteiger charge is -2.11. The second-order valence-corrected chi connectivity index (χ2v) is 5.06. The van der Waals surface area contributed by atoms with Gasteiger partial charge in [0.2, 0.25) is 0 Å². The molecule has 0 bridgehead atoms. The monoisotopic (exact) mass is 312 g/mol. The van der Waals surface area contributed by atoms with Crippen LogP contribution < -0.4 is 10.1 Å². The first kappa shape index (κ1) is 14.3. The van der Waals surface area contributed by atoms with Crippen LogP contribution in [0, 0.1) is 4.77 Å². The summed E-state index contributed by atoms with van der Waals surface area (Å²) in [6, 6.07) is 17.7.